The normalized spacial score (nSPS) is 10.9. The van der Waals surface area contributed by atoms with Crippen molar-refractivity contribution in [2.75, 3.05) is 0 Å². The summed E-state index contributed by atoms with van der Waals surface area (Å²) in [6.07, 6.45) is 3.63. The predicted octanol–water partition coefficient (Wildman–Crippen LogP) is 4.00. The summed E-state index contributed by atoms with van der Waals surface area (Å²) in [4.78, 5) is 12.3. The van der Waals surface area contributed by atoms with Gasteiger partial charge in [-0.1, -0.05) is 42.5 Å². The Morgan fingerprint density at radius 3 is 2.55 bits per heavy atom. The number of fused-ring (bicyclic) bond motifs is 1. The van der Waals surface area contributed by atoms with Crippen LogP contribution < -0.4 is 0 Å². The molecule has 4 heteroatoms. The molecule has 0 amide bonds. The molecule has 0 saturated carbocycles. The monoisotopic (exact) mass is 287 g/mol. The summed E-state index contributed by atoms with van der Waals surface area (Å²) in [5.74, 6) is 0.219. The van der Waals surface area contributed by atoms with Gasteiger partial charge in [0.05, 0.1) is 11.9 Å². The highest BCUT2D eigenvalue weighted by Crippen LogP contribution is 2.28. The highest BCUT2D eigenvalue weighted by atomic mass is 16.3. The van der Waals surface area contributed by atoms with Crippen molar-refractivity contribution in [3.63, 3.8) is 0 Å². The van der Waals surface area contributed by atoms with Gasteiger partial charge in [0, 0.05) is 17.3 Å². The van der Waals surface area contributed by atoms with Crippen molar-refractivity contribution in [2.24, 2.45) is 0 Å². The minimum Gasteiger partial charge on any atom is -0.508 e. The summed E-state index contributed by atoms with van der Waals surface area (Å²) < 4.78 is 0. The Balaban J connectivity index is 1.90. The van der Waals surface area contributed by atoms with E-state index < -0.39 is 0 Å². The number of phenolic OH excluding ortho intramolecular Hbond substituents is 1. The lowest BCUT2D eigenvalue weighted by molar-refractivity contribution is 0.475. The van der Waals surface area contributed by atoms with Gasteiger partial charge < -0.3 is 10.1 Å². The van der Waals surface area contributed by atoms with Crippen molar-refractivity contribution in [3.05, 3.63) is 67.0 Å². The molecule has 22 heavy (non-hydrogen) atoms. The summed E-state index contributed by atoms with van der Waals surface area (Å²) in [5, 5.41) is 9.63. The van der Waals surface area contributed by atoms with E-state index in [2.05, 4.69) is 9.97 Å². The van der Waals surface area contributed by atoms with Gasteiger partial charge in [0.2, 0.25) is 0 Å². The molecular weight excluding hydrogens is 274 g/mol. The Morgan fingerprint density at radius 2 is 1.73 bits per heavy atom. The molecule has 106 valence electrons. The maximum Gasteiger partial charge on any atom is 0.156 e. The summed E-state index contributed by atoms with van der Waals surface area (Å²) >= 11 is 0. The van der Waals surface area contributed by atoms with Crippen molar-refractivity contribution in [1.82, 2.24) is 15.0 Å². The van der Waals surface area contributed by atoms with E-state index >= 15 is 0 Å². The van der Waals surface area contributed by atoms with Gasteiger partial charge in [-0.15, -0.1) is 0 Å². The number of hydrogen-bond acceptors (Lipinski definition) is 3. The molecule has 0 spiro atoms. The van der Waals surface area contributed by atoms with Crippen LogP contribution in [0.15, 0.2) is 67.0 Å². The number of rotatable bonds is 2. The first-order valence-electron chi connectivity index (χ1n) is 7.00. The SMILES string of the molecule is Oc1cccc(-c2cnc3[nH]cc(-c4ccccc4)c3n2)c1. The van der Waals surface area contributed by atoms with Crippen LogP contribution in [0.25, 0.3) is 33.5 Å². The molecule has 0 saturated heterocycles. The number of nitrogens with zero attached hydrogens (tertiary/aromatic N) is 2. The third-order valence-corrected chi connectivity index (χ3v) is 3.61. The molecule has 0 unspecified atom stereocenters. The summed E-state index contributed by atoms with van der Waals surface area (Å²) in [7, 11) is 0. The largest absolute Gasteiger partial charge is 0.508 e. The number of aromatic hydroxyl groups is 1. The van der Waals surface area contributed by atoms with Crippen molar-refractivity contribution < 1.29 is 5.11 Å². The first-order valence-corrected chi connectivity index (χ1v) is 7.00. The lowest BCUT2D eigenvalue weighted by Gasteiger charge is -2.03. The van der Waals surface area contributed by atoms with Gasteiger partial charge in [0.15, 0.2) is 5.65 Å². The van der Waals surface area contributed by atoms with Crippen LogP contribution in [-0.4, -0.2) is 20.1 Å². The summed E-state index contributed by atoms with van der Waals surface area (Å²) in [6.45, 7) is 0. The van der Waals surface area contributed by atoms with E-state index in [0.717, 1.165) is 33.5 Å². The van der Waals surface area contributed by atoms with Gasteiger partial charge in [-0.05, 0) is 17.7 Å². The molecule has 0 aliphatic carbocycles. The maximum atomic E-state index is 9.63. The third kappa shape index (κ3) is 2.11. The molecule has 4 aromatic rings. The average Bonchev–Trinajstić information content (AvgIpc) is 2.99. The molecule has 2 aromatic heterocycles. The van der Waals surface area contributed by atoms with E-state index in [1.54, 1.807) is 24.4 Å². The zero-order chi connectivity index (χ0) is 14.9. The molecule has 4 nitrogen and oxygen atoms in total. The highest BCUT2D eigenvalue weighted by Gasteiger charge is 2.10. The quantitative estimate of drug-likeness (QED) is 0.586. The fraction of sp³-hybridized carbons (Fsp3) is 0. The Kier molecular flexibility index (Phi) is 2.86. The first-order chi connectivity index (χ1) is 10.8. The van der Waals surface area contributed by atoms with Crippen molar-refractivity contribution in [1.29, 1.82) is 0 Å². The zero-order valence-electron chi connectivity index (χ0n) is 11.7. The second-order valence-electron chi connectivity index (χ2n) is 5.07. The Morgan fingerprint density at radius 1 is 0.909 bits per heavy atom. The summed E-state index contributed by atoms with van der Waals surface area (Å²) in [6, 6.07) is 17.1. The van der Waals surface area contributed by atoms with Crippen LogP contribution in [0.1, 0.15) is 0 Å². The molecule has 2 heterocycles. The van der Waals surface area contributed by atoms with Crippen molar-refractivity contribution in [3.8, 4) is 28.1 Å². The number of benzene rings is 2. The molecular formula is C18H13N3O. The first kappa shape index (κ1) is 12.6. The number of nitrogens with one attached hydrogen (secondary N) is 1. The molecule has 0 fully saturated rings. The Hall–Kier alpha value is -3.14. The van der Waals surface area contributed by atoms with E-state index in [-0.39, 0.29) is 5.75 Å². The van der Waals surface area contributed by atoms with Crippen LogP contribution in [0.4, 0.5) is 0 Å². The number of aromatic amines is 1. The van der Waals surface area contributed by atoms with E-state index in [1.165, 1.54) is 0 Å². The van der Waals surface area contributed by atoms with Gasteiger partial charge >= 0.3 is 0 Å². The summed E-state index contributed by atoms with van der Waals surface area (Å²) in [5.41, 5.74) is 5.27. The molecule has 2 aromatic carbocycles. The average molecular weight is 287 g/mol. The molecule has 0 radical (unpaired) electrons. The number of aromatic nitrogens is 3. The van der Waals surface area contributed by atoms with Crippen LogP contribution in [0, 0.1) is 0 Å². The fourth-order valence-corrected chi connectivity index (χ4v) is 2.53. The van der Waals surface area contributed by atoms with Gasteiger partial charge in [0.25, 0.3) is 0 Å². The van der Waals surface area contributed by atoms with Crippen molar-refractivity contribution in [2.45, 2.75) is 0 Å². The molecule has 0 bridgehead atoms. The topological polar surface area (TPSA) is 61.8 Å². The minimum absolute atomic E-state index is 0.219. The van der Waals surface area contributed by atoms with Crippen LogP contribution in [0.2, 0.25) is 0 Å². The molecule has 0 aliphatic rings. The smallest absolute Gasteiger partial charge is 0.156 e. The van der Waals surface area contributed by atoms with Crippen LogP contribution in [0.3, 0.4) is 0 Å². The minimum atomic E-state index is 0.219. The number of H-pyrrole nitrogens is 1. The van der Waals surface area contributed by atoms with Crippen LogP contribution in [0.5, 0.6) is 5.75 Å². The standard InChI is InChI=1S/C18H13N3O/c22-14-8-4-7-13(9-14)16-11-20-18-17(21-16)15(10-19-18)12-5-2-1-3-6-12/h1-11,22H,(H,19,20). The Labute approximate surface area is 127 Å². The van der Waals surface area contributed by atoms with Crippen LogP contribution >= 0.6 is 0 Å². The Bertz CT molecular complexity index is 945. The number of phenols is 1. The second-order valence-corrected chi connectivity index (χ2v) is 5.07. The third-order valence-electron chi connectivity index (χ3n) is 3.61. The highest BCUT2D eigenvalue weighted by molar-refractivity contribution is 5.91. The second kappa shape index (κ2) is 5.00. The molecule has 0 atom stereocenters. The van der Waals surface area contributed by atoms with E-state index in [9.17, 15) is 5.11 Å². The van der Waals surface area contributed by atoms with E-state index in [0.29, 0.717) is 0 Å². The lowest BCUT2D eigenvalue weighted by atomic mass is 10.1. The zero-order valence-corrected chi connectivity index (χ0v) is 11.7. The van der Waals surface area contributed by atoms with Gasteiger partial charge in [-0.2, -0.15) is 0 Å². The van der Waals surface area contributed by atoms with E-state index in [1.807, 2.05) is 42.6 Å². The van der Waals surface area contributed by atoms with Gasteiger partial charge in [0.1, 0.15) is 11.3 Å². The maximum absolute atomic E-state index is 9.63. The lowest BCUT2D eigenvalue weighted by Crippen LogP contribution is -1.88. The number of hydrogen-bond donors (Lipinski definition) is 2. The molecule has 2 N–H and O–H groups in total. The molecule has 4 rings (SSSR count). The fourth-order valence-electron chi connectivity index (χ4n) is 2.53. The van der Waals surface area contributed by atoms with Crippen molar-refractivity contribution >= 4 is 11.2 Å². The van der Waals surface area contributed by atoms with Gasteiger partial charge in [-0.3, -0.25) is 0 Å². The van der Waals surface area contributed by atoms with E-state index in [4.69, 9.17) is 4.98 Å². The predicted molar refractivity (Wildman–Crippen MR) is 86.4 cm³/mol. The van der Waals surface area contributed by atoms with Crippen LogP contribution in [-0.2, 0) is 0 Å². The van der Waals surface area contributed by atoms with Gasteiger partial charge in [-0.25, -0.2) is 9.97 Å². The molecule has 0 aliphatic heterocycles.